The Hall–Kier alpha value is -0.360. The largest absolute Gasteiger partial charge is 0.268 e. The van der Waals surface area contributed by atoms with E-state index in [1.54, 1.807) is 17.9 Å². The van der Waals surface area contributed by atoms with Gasteiger partial charge in [-0.15, -0.1) is 0 Å². The van der Waals surface area contributed by atoms with Crippen molar-refractivity contribution in [3.05, 3.63) is 26.7 Å². The van der Waals surface area contributed by atoms with E-state index in [0.717, 1.165) is 10.9 Å². The maximum absolute atomic E-state index is 13.2. The Morgan fingerprint density at radius 3 is 3.00 bits per heavy atom. The lowest BCUT2D eigenvalue weighted by Crippen LogP contribution is -1.90. The first-order valence-corrected chi connectivity index (χ1v) is 5.02. The van der Waals surface area contributed by atoms with Crippen LogP contribution in [0.25, 0.3) is 10.9 Å². The van der Waals surface area contributed by atoms with Crippen molar-refractivity contribution in [2.45, 2.75) is 0 Å². The number of nitrogens with zero attached hydrogens (tertiary/aromatic N) is 2. The first-order valence-electron chi connectivity index (χ1n) is 3.56. The van der Waals surface area contributed by atoms with Gasteiger partial charge in [0.1, 0.15) is 5.82 Å². The molecule has 2 rings (SSSR count). The number of aromatic nitrogens is 2. The number of rotatable bonds is 0. The summed E-state index contributed by atoms with van der Waals surface area (Å²) < 4.78 is 15.5. The molecule has 0 aliphatic heterocycles. The molecule has 0 unspecified atom stereocenters. The molecule has 1 aromatic carbocycles. The van der Waals surface area contributed by atoms with Crippen molar-refractivity contribution in [2.24, 2.45) is 7.05 Å². The van der Waals surface area contributed by atoms with Gasteiger partial charge in [0.15, 0.2) is 0 Å². The fourth-order valence-electron chi connectivity index (χ4n) is 1.19. The van der Waals surface area contributed by atoms with Crippen LogP contribution in [0.2, 0.25) is 5.02 Å². The van der Waals surface area contributed by atoms with Gasteiger partial charge in [0.2, 0.25) is 0 Å². The van der Waals surface area contributed by atoms with Crippen LogP contribution in [-0.4, -0.2) is 9.78 Å². The van der Waals surface area contributed by atoms with Crippen LogP contribution in [0.1, 0.15) is 0 Å². The van der Waals surface area contributed by atoms with E-state index in [4.69, 9.17) is 11.6 Å². The second-order valence-electron chi connectivity index (χ2n) is 2.69. The summed E-state index contributed by atoms with van der Waals surface area (Å²) in [4.78, 5) is 0. The molecule has 0 aliphatic carbocycles. The molecule has 1 aromatic heterocycles. The molecule has 0 saturated carbocycles. The Morgan fingerprint density at radius 2 is 2.31 bits per heavy atom. The molecule has 2 aromatic rings. The third-order valence-electron chi connectivity index (χ3n) is 1.89. The van der Waals surface area contributed by atoms with Crippen LogP contribution in [0.3, 0.4) is 0 Å². The van der Waals surface area contributed by atoms with Crippen LogP contribution in [0.15, 0.2) is 12.3 Å². The highest BCUT2D eigenvalue weighted by atomic mass is 127. The molecule has 0 N–H and O–H groups in total. The van der Waals surface area contributed by atoms with Gasteiger partial charge < -0.3 is 0 Å². The lowest BCUT2D eigenvalue weighted by molar-refractivity contribution is 0.627. The van der Waals surface area contributed by atoms with Gasteiger partial charge in [0.05, 0.1) is 16.7 Å². The van der Waals surface area contributed by atoms with E-state index < -0.39 is 5.82 Å². The zero-order valence-electron chi connectivity index (χ0n) is 6.68. The highest BCUT2D eigenvalue weighted by Crippen LogP contribution is 2.29. The van der Waals surface area contributed by atoms with Crippen molar-refractivity contribution in [1.82, 2.24) is 9.78 Å². The van der Waals surface area contributed by atoms with E-state index in [1.807, 2.05) is 22.6 Å². The maximum atomic E-state index is 13.2. The van der Waals surface area contributed by atoms with Crippen LogP contribution in [-0.2, 0) is 7.05 Å². The Morgan fingerprint density at radius 1 is 1.62 bits per heavy atom. The fraction of sp³-hybridized carbons (Fsp3) is 0.125. The van der Waals surface area contributed by atoms with Crippen molar-refractivity contribution in [3.63, 3.8) is 0 Å². The molecule has 2 nitrogen and oxygen atoms in total. The van der Waals surface area contributed by atoms with Crippen LogP contribution in [0, 0.1) is 9.39 Å². The van der Waals surface area contributed by atoms with Gasteiger partial charge in [-0.25, -0.2) is 4.39 Å². The number of aryl methyl sites for hydroxylation is 1. The molecular weight excluding hydrogens is 305 g/mol. The maximum Gasteiger partial charge on any atom is 0.145 e. The predicted octanol–water partition coefficient (Wildman–Crippen LogP) is 2.97. The van der Waals surface area contributed by atoms with Gasteiger partial charge >= 0.3 is 0 Å². The summed E-state index contributed by atoms with van der Waals surface area (Å²) in [6.07, 6.45) is 1.68. The minimum absolute atomic E-state index is 0.168. The highest BCUT2D eigenvalue weighted by Gasteiger charge is 2.11. The van der Waals surface area contributed by atoms with Crippen molar-refractivity contribution in [2.75, 3.05) is 0 Å². The molecule has 13 heavy (non-hydrogen) atoms. The number of benzene rings is 1. The summed E-state index contributed by atoms with van der Waals surface area (Å²) in [5, 5.41) is 5.08. The molecule has 0 saturated heterocycles. The second kappa shape index (κ2) is 3.09. The molecule has 5 heteroatoms. The molecule has 0 amide bonds. The lowest BCUT2D eigenvalue weighted by atomic mass is 10.2. The summed E-state index contributed by atoms with van der Waals surface area (Å²) in [5.74, 6) is -0.401. The van der Waals surface area contributed by atoms with Crippen LogP contribution in [0.4, 0.5) is 4.39 Å². The normalized spacial score (nSPS) is 11.1. The standard InChI is InChI=1S/C8H5ClFIN2/c1-13-6-2-5(10)7(9)8(11)4(6)3-12-13/h2-3H,1H3. The fourth-order valence-corrected chi connectivity index (χ4v) is 2.02. The van der Waals surface area contributed by atoms with E-state index in [9.17, 15) is 4.39 Å². The topological polar surface area (TPSA) is 17.8 Å². The lowest BCUT2D eigenvalue weighted by Gasteiger charge is -2.00. The Balaban J connectivity index is 2.96. The minimum atomic E-state index is -0.401. The number of hydrogen-bond acceptors (Lipinski definition) is 1. The molecule has 0 fully saturated rings. The first kappa shape index (κ1) is 9.21. The van der Waals surface area contributed by atoms with E-state index in [-0.39, 0.29) is 5.02 Å². The van der Waals surface area contributed by atoms with Crippen molar-refractivity contribution in [3.8, 4) is 0 Å². The van der Waals surface area contributed by atoms with E-state index in [0.29, 0.717) is 3.57 Å². The van der Waals surface area contributed by atoms with Gasteiger partial charge in [0, 0.05) is 22.1 Å². The van der Waals surface area contributed by atoms with Gasteiger partial charge in [-0.1, -0.05) is 11.6 Å². The predicted molar refractivity (Wildman–Crippen MR) is 58.4 cm³/mol. The summed E-state index contributed by atoms with van der Waals surface area (Å²) >= 11 is 7.76. The van der Waals surface area contributed by atoms with Crippen molar-refractivity contribution in [1.29, 1.82) is 0 Å². The minimum Gasteiger partial charge on any atom is -0.268 e. The number of hydrogen-bond donors (Lipinski definition) is 0. The molecule has 0 atom stereocenters. The highest BCUT2D eigenvalue weighted by molar-refractivity contribution is 14.1. The smallest absolute Gasteiger partial charge is 0.145 e. The Bertz CT molecular complexity index is 480. The van der Waals surface area contributed by atoms with Crippen LogP contribution < -0.4 is 0 Å². The van der Waals surface area contributed by atoms with E-state index in [2.05, 4.69) is 5.10 Å². The molecular formula is C8H5ClFIN2. The Kier molecular flexibility index (Phi) is 2.19. The molecule has 0 aliphatic rings. The summed E-state index contributed by atoms with van der Waals surface area (Å²) in [6.45, 7) is 0. The van der Waals surface area contributed by atoms with Crippen LogP contribution in [0.5, 0.6) is 0 Å². The average molecular weight is 310 g/mol. The average Bonchev–Trinajstić information content (AvgIpc) is 2.45. The zero-order chi connectivity index (χ0) is 9.59. The number of fused-ring (bicyclic) bond motifs is 1. The SMILES string of the molecule is Cn1ncc2c(I)c(Cl)c(F)cc21. The second-order valence-corrected chi connectivity index (χ2v) is 4.14. The quantitative estimate of drug-likeness (QED) is 0.540. The third kappa shape index (κ3) is 1.32. The summed E-state index contributed by atoms with van der Waals surface area (Å²) in [7, 11) is 1.77. The van der Waals surface area contributed by atoms with E-state index >= 15 is 0 Å². The Labute approximate surface area is 92.8 Å². The van der Waals surface area contributed by atoms with Gasteiger partial charge in [-0.05, 0) is 22.6 Å². The monoisotopic (exact) mass is 310 g/mol. The number of halogens is 3. The van der Waals surface area contributed by atoms with Crippen molar-refractivity contribution >= 4 is 45.1 Å². The van der Waals surface area contributed by atoms with Crippen molar-refractivity contribution < 1.29 is 4.39 Å². The molecule has 1 heterocycles. The van der Waals surface area contributed by atoms with Gasteiger partial charge in [0.25, 0.3) is 0 Å². The first-order chi connectivity index (χ1) is 6.11. The van der Waals surface area contributed by atoms with E-state index in [1.165, 1.54) is 6.07 Å². The van der Waals surface area contributed by atoms with Gasteiger partial charge in [-0.3, -0.25) is 4.68 Å². The molecule has 0 spiro atoms. The summed E-state index contributed by atoms with van der Waals surface area (Å²) in [6, 6.07) is 1.40. The molecule has 68 valence electrons. The van der Waals surface area contributed by atoms with Gasteiger partial charge in [-0.2, -0.15) is 5.10 Å². The third-order valence-corrected chi connectivity index (χ3v) is 3.70. The summed E-state index contributed by atoms with van der Waals surface area (Å²) in [5.41, 5.74) is 0.756. The zero-order valence-corrected chi connectivity index (χ0v) is 9.60. The van der Waals surface area contributed by atoms with Crippen LogP contribution >= 0.6 is 34.2 Å². The molecule has 0 bridgehead atoms. The molecule has 0 radical (unpaired) electrons.